The maximum atomic E-state index is 5.14. The molecule has 264 valence electrons. The number of aromatic nitrogens is 3. The Morgan fingerprint density at radius 3 is 1.47 bits per heavy atom. The number of benzene rings is 9. The molecule has 4 heterocycles. The summed E-state index contributed by atoms with van der Waals surface area (Å²) in [4.78, 5) is 5.14. The van der Waals surface area contributed by atoms with Crippen molar-refractivity contribution in [2.75, 3.05) is 0 Å². The zero-order valence-corrected chi connectivity index (χ0v) is 31.5. The smallest absolute Gasteiger partial charge is 0.155 e. The van der Waals surface area contributed by atoms with Crippen LogP contribution in [0.25, 0.3) is 119 Å². The molecule has 57 heavy (non-hydrogen) atoms. The lowest BCUT2D eigenvalue weighted by Crippen LogP contribution is -1.98. The fourth-order valence-electron chi connectivity index (χ4n) is 9.64. The van der Waals surface area contributed by atoms with Crippen LogP contribution in [0.5, 0.6) is 0 Å². The zero-order valence-electron chi connectivity index (χ0n) is 30.6. The van der Waals surface area contributed by atoms with Crippen molar-refractivity contribution in [3.8, 4) is 22.6 Å². The van der Waals surface area contributed by atoms with E-state index >= 15 is 0 Å². The lowest BCUT2D eigenvalue weighted by molar-refractivity contribution is 1.10. The highest BCUT2D eigenvalue weighted by Gasteiger charge is 2.20. The first kappa shape index (κ1) is 31.0. The Hall–Kier alpha value is -7.27. The van der Waals surface area contributed by atoms with E-state index < -0.39 is 0 Å². The highest BCUT2D eigenvalue weighted by molar-refractivity contribution is 7.26. The molecule has 0 aliphatic rings. The predicted molar refractivity (Wildman–Crippen MR) is 244 cm³/mol. The minimum atomic E-state index is 0.968. The van der Waals surface area contributed by atoms with E-state index in [1.54, 1.807) is 0 Å². The molecule has 4 aromatic heterocycles. The molecule has 0 radical (unpaired) electrons. The van der Waals surface area contributed by atoms with Crippen LogP contribution in [0.4, 0.5) is 0 Å². The van der Waals surface area contributed by atoms with Crippen molar-refractivity contribution >= 4 is 107 Å². The number of pyridine rings is 1. The molecule has 0 spiro atoms. The van der Waals surface area contributed by atoms with Crippen molar-refractivity contribution in [2.45, 2.75) is 0 Å². The Labute approximate surface area is 330 Å². The average molecular weight is 742 g/mol. The van der Waals surface area contributed by atoms with Gasteiger partial charge >= 0.3 is 0 Å². The second-order valence-corrected chi connectivity index (χ2v) is 16.2. The summed E-state index contributed by atoms with van der Waals surface area (Å²) in [5.41, 5.74) is 8.31. The molecule has 0 atom stereocenters. The van der Waals surface area contributed by atoms with E-state index in [-0.39, 0.29) is 0 Å². The molecule has 0 fully saturated rings. The molecule has 4 heteroatoms. The van der Waals surface area contributed by atoms with E-state index in [4.69, 9.17) is 4.98 Å². The standard InChI is InChI=1S/C53H31N3S/c1-2-13-37-35(11-1)36-12-3-4-14-38(36)44-29-32(21-24-39(37)44)33-22-26-51-46(30-33)43-27-28-54-53(52(43)57-51)56-49-20-10-7-17-42(49)45-31-34(23-25-50(45)56)55-47-18-8-5-15-40(47)41-16-6-9-19-48(41)55/h1-31H. The zero-order chi connectivity index (χ0) is 37.2. The summed E-state index contributed by atoms with van der Waals surface area (Å²) in [6, 6.07) is 66.8. The Morgan fingerprint density at radius 1 is 0.333 bits per heavy atom. The molecule has 3 nitrogen and oxygen atoms in total. The van der Waals surface area contributed by atoms with Gasteiger partial charge in [-0.25, -0.2) is 4.98 Å². The van der Waals surface area contributed by atoms with Gasteiger partial charge in [-0.15, -0.1) is 11.3 Å². The molecule has 0 aliphatic heterocycles. The Kier molecular flexibility index (Phi) is 6.32. The molecule has 13 aromatic rings. The van der Waals surface area contributed by atoms with Crippen LogP contribution in [0.1, 0.15) is 0 Å². The number of thiophene rings is 1. The minimum Gasteiger partial charge on any atom is -0.309 e. The van der Waals surface area contributed by atoms with Crippen LogP contribution in [0.15, 0.2) is 188 Å². The molecule has 0 bridgehead atoms. The molecular weight excluding hydrogens is 711 g/mol. The highest BCUT2D eigenvalue weighted by Crippen LogP contribution is 2.43. The van der Waals surface area contributed by atoms with Gasteiger partial charge in [0.15, 0.2) is 5.82 Å². The highest BCUT2D eigenvalue weighted by atomic mass is 32.1. The quantitative estimate of drug-likeness (QED) is 0.165. The summed E-state index contributed by atoms with van der Waals surface area (Å²) in [7, 11) is 0. The van der Waals surface area contributed by atoms with Crippen LogP contribution in [0.3, 0.4) is 0 Å². The monoisotopic (exact) mass is 741 g/mol. The normalized spacial score (nSPS) is 12.2. The molecule has 0 amide bonds. The first-order chi connectivity index (χ1) is 28.3. The van der Waals surface area contributed by atoms with E-state index in [0.29, 0.717) is 0 Å². The van der Waals surface area contributed by atoms with Crippen LogP contribution in [-0.2, 0) is 0 Å². The number of fused-ring (bicyclic) bond motifs is 15. The number of para-hydroxylation sites is 3. The van der Waals surface area contributed by atoms with Crippen molar-refractivity contribution in [2.24, 2.45) is 0 Å². The summed E-state index contributed by atoms with van der Waals surface area (Å²) < 4.78 is 7.22. The summed E-state index contributed by atoms with van der Waals surface area (Å²) in [5.74, 6) is 0.968. The third kappa shape index (κ3) is 4.33. The first-order valence-electron chi connectivity index (χ1n) is 19.5. The maximum absolute atomic E-state index is 5.14. The SMILES string of the molecule is c1ccc2c(c1)c1ccccc1c1cc(-c3ccc4sc5c(-n6c7ccccc7c7cc(-n8c9ccccc9c9ccccc98)ccc76)nccc5c4c3)ccc21. The predicted octanol–water partition coefficient (Wildman–Crippen LogP) is 14.8. The van der Waals surface area contributed by atoms with Crippen LogP contribution in [0.2, 0.25) is 0 Å². The fraction of sp³-hybridized carbons (Fsp3) is 0. The van der Waals surface area contributed by atoms with Crippen molar-refractivity contribution in [1.82, 2.24) is 14.1 Å². The molecule has 13 rings (SSSR count). The van der Waals surface area contributed by atoms with Gasteiger partial charge in [0.25, 0.3) is 0 Å². The largest absolute Gasteiger partial charge is 0.309 e. The fourth-order valence-corrected chi connectivity index (χ4v) is 10.8. The van der Waals surface area contributed by atoms with Gasteiger partial charge < -0.3 is 4.57 Å². The van der Waals surface area contributed by atoms with Crippen molar-refractivity contribution < 1.29 is 0 Å². The average Bonchev–Trinajstić information content (AvgIpc) is 3.94. The molecule has 9 aromatic carbocycles. The van der Waals surface area contributed by atoms with Gasteiger partial charge in [-0.1, -0.05) is 121 Å². The topological polar surface area (TPSA) is 22.8 Å². The summed E-state index contributed by atoms with van der Waals surface area (Å²) in [5, 5.41) is 15.2. The third-order valence-corrected chi connectivity index (χ3v) is 13.3. The van der Waals surface area contributed by atoms with Gasteiger partial charge in [0.05, 0.1) is 26.8 Å². The van der Waals surface area contributed by atoms with Gasteiger partial charge in [0.2, 0.25) is 0 Å². The number of nitrogens with zero attached hydrogens (tertiary/aromatic N) is 3. The summed E-state index contributed by atoms with van der Waals surface area (Å²) in [6.45, 7) is 0. The van der Waals surface area contributed by atoms with Crippen molar-refractivity contribution in [3.63, 3.8) is 0 Å². The second kappa shape index (κ2) is 11.6. The van der Waals surface area contributed by atoms with E-state index in [1.807, 2.05) is 17.5 Å². The number of hydrogen-bond acceptors (Lipinski definition) is 2. The van der Waals surface area contributed by atoms with Gasteiger partial charge in [-0.2, -0.15) is 0 Å². The van der Waals surface area contributed by atoms with Gasteiger partial charge in [-0.05, 0) is 104 Å². The van der Waals surface area contributed by atoms with E-state index in [0.717, 1.165) is 22.5 Å². The first-order valence-corrected chi connectivity index (χ1v) is 20.3. The molecular formula is C53H31N3S. The van der Waals surface area contributed by atoms with Crippen molar-refractivity contribution in [1.29, 1.82) is 0 Å². The van der Waals surface area contributed by atoms with Gasteiger partial charge in [0, 0.05) is 48.9 Å². The molecule has 0 aliphatic carbocycles. The lowest BCUT2D eigenvalue weighted by atomic mass is 9.92. The number of hydrogen-bond donors (Lipinski definition) is 0. The third-order valence-electron chi connectivity index (χ3n) is 12.2. The van der Waals surface area contributed by atoms with E-state index in [9.17, 15) is 0 Å². The molecule has 0 saturated heterocycles. The van der Waals surface area contributed by atoms with Crippen LogP contribution in [-0.4, -0.2) is 14.1 Å². The summed E-state index contributed by atoms with van der Waals surface area (Å²) in [6.07, 6.45) is 1.98. The Bertz CT molecular complexity index is 3740. The van der Waals surface area contributed by atoms with E-state index in [2.05, 4.69) is 191 Å². The van der Waals surface area contributed by atoms with Gasteiger partial charge in [0.1, 0.15) is 0 Å². The minimum absolute atomic E-state index is 0.968. The lowest BCUT2D eigenvalue weighted by Gasteiger charge is -2.12. The molecule has 0 saturated carbocycles. The molecule has 0 N–H and O–H groups in total. The van der Waals surface area contributed by atoms with Gasteiger partial charge in [-0.3, -0.25) is 4.57 Å². The second-order valence-electron chi connectivity index (χ2n) is 15.1. The van der Waals surface area contributed by atoms with Crippen LogP contribution < -0.4 is 0 Å². The molecule has 0 unspecified atom stereocenters. The Balaban J connectivity index is 0.996. The van der Waals surface area contributed by atoms with Crippen molar-refractivity contribution in [3.05, 3.63) is 188 Å². The number of rotatable bonds is 3. The Morgan fingerprint density at radius 2 is 0.825 bits per heavy atom. The maximum Gasteiger partial charge on any atom is 0.155 e. The van der Waals surface area contributed by atoms with E-state index in [1.165, 1.54) is 96.2 Å². The van der Waals surface area contributed by atoms with Crippen LogP contribution in [0, 0.1) is 0 Å². The summed E-state index contributed by atoms with van der Waals surface area (Å²) >= 11 is 1.83. The van der Waals surface area contributed by atoms with Crippen LogP contribution >= 0.6 is 11.3 Å².